The third-order valence-corrected chi connectivity index (χ3v) is 2.74. The second-order valence-corrected chi connectivity index (χ2v) is 4.04. The number of nitrogens with one attached hydrogen (secondary N) is 1. The SMILES string of the molecule is Cn1c(=O)c(C(=O)NCC(=O)O)c(O)c2cccnc21. The first kappa shape index (κ1) is 13.5. The summed E-state index contributed by atoms with van der Waals surface area (Å²) in [6.07, 6.45) is 1.45. The first-order valence-corrected chi connectivity index (χ1v) is 5.60. The van der Waals surface area contributed by atoms with Crippen LogP contribution in [0.25, 0.3) is 11.0 Å². The number of fused-ring (bicyclic) bond motifs is 1. The van der Waals surface area contributed by atoms with E-state index in [4.69, 9.17) is 5.11 Å². The first-order chi connectivity index (χ1) is 9.43. The Labute approximate surface area is 112 Å². The topological polar surface area (TPSA) is 122 Å². The average molecular weight is 277 g/mol. The number of amides is 1. The third kappa shape index (κ3) is 2.18. The van der Waals surface area contributed by atoms with Gasteiger partial charge in [0.25, 0.3) is 11.5 Å². The van der Waals surface area contributed by atoms with Gasteiger partial charge >= 0.3 is 5.97 Å². The van der Waals surface area contributed by atoms with E-state index in [-0.39, 0.29) is 11.0 Å². The van der Waals surface area contributed by atoms with Crippen LogP contribution < -0.4 is 10.9 Å². The minimum Gasteiger partial charge on any atom is -0.506 e. The van der Waals surface area contributed by atoms with Crippen LogP contribution in [-0.2, 0) is 11.8 Å². The fourth-order valence-corrected chi connectivity index (χ4v) is 1.80. The van der Waals surface area contributed by atoms with Gasteiger partial charge in [0.05, 0.1) is 5.39 Å². The van der Waals surface area contributed by atoms with Crippen molar-refractivity contribution in [2.24, 2.45) is 7.05 Å². The molecule has 0 bridgehead atoms. The number of carbonyl (C=O) groups is 2. The fraction of sp³-hybridized carbons (Fsp3) is 0.167. The number of hydrogen-bond acceptors (Lipinski definition) is 5. The summed E-state index contributed by atoms with van der Waals surface area (Å²) >= 11 is 0. The van der Waals surface area contributed by atoms with Crippen molar-refractivity contribution in [2.45, 2.75) is 0 Å². The summed E-state index contributed by atoms with van der Waals surface area (Å²) in [5.74, 6) is -2.72. The maximum Gasteiger partial charge on any atom is 0.322 e. The second kappa shape index (κ2) is 5.00. The molecule has 1 amide bonds. The lowest BCUT2D eigenvalue weighted by molar-refractivity contribution is -0.135. The molecule has 0 spiro atoms. The molecule has 3 N–H and O–H groups in total. The minimum atomic E-state index is -1.25. The van der Waals surface area contributed by atoms with Crippen LogP contribution in [0.1, 0.15) is 10.4 Å². The zero-order chi connectivity index (χ0) is 14.9. The Hall–Kier alpha value is -2.90. The highest BCUT2D eigenvalue weighted by Gasteiger charge is 2.21. The van der Waals surface area contributed by atoms with Crippen molar-refractivity contribution in [1.82, 2.24) is 14.9 Å². The molecular weight excluding hydrogens is 266 g/mol. The van der Waals surface area contributed by atoms with Crippen LogP contribution in [0.2, 0.25) is 0 Å². The van der Waals surface area contributed by atoms with Crippen LogP contribution in [0.15, 0.2) is 23.1 Å². The Morgan fingerprint density at radius 2 is 2.15 bits per heavy atom. The standard InChI is InChI=1S/C12H11N3O5/c1-15-10-6(3-2-4-13-10)9(18)8(12(15)20)11(19)14-5-7(16)17/h2-4,18H,5H2,1H3,(H,14,19)(H,16,17). The van der Waals surface area contributed by atoms with Crippen LogP contribution >= 0.6 is 0 Å². The molecule has 0 saturated carbocycles. The fourth-order valence-electron chi connectivity index (χ4n) is 1.80. The molecule has 0 saturated heterocycles. The lowest BCUT2D eigenvalue weighted by Crippen LogP contribution is -2.35. The van der Waals surface area contributed by atoms with Gasteiger partial charge in [0, 0.05) is 13.2 Å². The Kier molecular flexibility index (Phi) is 3.38. The zero-order valence-corrected chi connectivity index (χ0v) is 10.5. The minimum absolute atomic E-state index is 0.227. The molecule has 0 radical (unpaired) electrons. The quantitative estimate of drug-likeness (QED) is 0.692. The average Bonchev–Trinajstić information content (AvgIpc) is 2.43. The van der Waals surface area contributed by atoms with Crippen molar-refractivity contribution in [2.75, 3.05) is 6.54 Å². The van der Waals surface area contributed by atoms with E-state index in [9.17, 15) is 19.5 Å². The van der Waals surface area contributed by atoms with E-state index in [2.05, 4.69) is 4.98 Å². The molecule has 0 aliphatic rings. The highest BCUT2D eigenvalue weighted by Crippen LogP contribution is 2.24. The van der Waals surface area contributed by atoms with Gasteiger partial charge in [-0.2, -0.15) is 0 Å². The monoisotopic (exact) mass is 277 g/mol. The van der Waals surface area contributed by atoms with E-state index in [1.54, 1.807) is 6.07 Å². The summed E-state index contributed by atoms with van der Waals surface area (Å²) in [6.45, 7) is -0.646. The lowest BCUT2D eigenvalue weighted by Gasteiger charge is -2.10. The number of aliphatic carboxylic acids is 1. The van der Waals surface area contributed by atoms with Crippen molar-refractivity contribution in [3.63, 3.8) is 0 Å². The Morgan fingerprint density at radius 1 is 1.45 bits per heavy atom. The van der Waals surface area contributed by atoms with Crippen molar-refractivity contribution in [1.29, 1.82) is 0 Å². The van der Waals surface area contributed by atoms with Crippen molar-refractivity contribution in [3.8, 4) is 5.75 Å². The molecule has 0 aliphatic heterocycles. The summed E-state index contributed by atoms with van der Waals surface area (Å²) in [6, 6.07) is 3.05. The maximum atomic E-state index is 12.0. The molecule has 0 aliphatic carbocycles. The Balaban J connectivity index is 2.62. The van der Waals surface area contributed by atoms with Gasteiger partial charge in [0.2, 0.25) is 0 Å². The summed E-state index contributed by atoms with van der Waals surface area (Å²) in [5.41, 5.74) is -1.03. The number of carboxylic acids is 1. The lowest BCUT2D eigenvalue weighted by atomic mass is 10.1. The first-order valence-electron chi connectivity index (χ1n) is 5.60. The molecule has 8 nitrogen and oxygen atoms in total. The predicted molar refractivity (Wildman–Crippen MR) is 68.6 cm³/mol. The van der Waals surface area contributed by atoms with Crippen LogP contribution in [0.4, 0.5) is 0 Å². The smallest absolute Gasteiger partial charge is 0.322 e. The van der Waals surface area contributed by atoms with Gasteiger partial charge in [-0.05, 0) is 12.1 Å². The number of carboxylic acid groups (broad SMARTS) is 1. The van der Waals surface area contributed by atoms with E-state index >= 15 is 0 Å². The number of aromatic nitrogens is 2. The molecule has 0 aromatic carbocycles. The van der Waals surface area contributed by atoms with Crippen LogP contribution in [0, 0.1) is 0 Å². The number of aryl methyl sites for hydroxylation is 1. The van der Waals surface area contributed by atoms with E-state index in [0.29, 0.717) is 0 Å². The molecule has 2 rings (SSSR count). The van der Waals surface area contributed by atoms with Gasteiger partial charge in [-0.1, -0.05) is 0 Å². The highest BCUT2D eigenvalue weighted by molar-refractivity contribution is 6.02. The van der Waals surface area contributed by atoms with E-state index in [1.165, 1.54) is 19.3 Å². The van der Waals surface area contributed by atoms with Gasteiger partial charge in [-0.3, -0.25) is 19.0 Å². The molecule has 2 aromatic rings. The normalized spacial score (nSPS) is 10.4. The van der Waals surface area contributed by atoms with Gasteiger partial charge in [-0.15, -0.1) is 0 Å². The number of pyridine rings is 2. The van der Waals surface area contributed by atoms with E-state index in [1.807, 2.05) is 5.32 Å². The number of nitrogens with zero attached hydrogens (tertiary/aromatic N) is 2. The molecular formula is C12H11N3O5. The molecule has 8 heteroatoms. The molecule has 2 aromatic heterocycles. The van der Waals surface area contributed by atoms with Crippen LogP contribution in [0.3, 0.4) is 0 Å². The zero-order valence-electron chi connectivity index (χ0n) is 10.5. The van der Waals surface area contributed by atoms with Gasteiger partial charge in [-0.25, -0.2) is 4.98 Å². The summed E-state index contributed by atoms with van der Waals surface area (Å²) in [5, 5.41) is 20.8. The predicted octanol–water partition coefficient (Wildman–Crippen LogP) is -0.546. The van der Waals surface area contributed by atoms with Gasteiger partial charge in [0.1, 0.15) is 23.5 Å². The van der Waals surface area contributed by atoms with Crippen LogP contribution in [-0.4, -0.2) is 38.2 Å². The summed E-state index contributed by atoms with van der Waals surface area (Å²) in [4.78, 5) is 38.2. The Morgan fingerprint density at radius 3 is 2.80 bits per heavy atom. The third-order valence-electron chi connectivity index (χ3n) is 2.74. The number of rotatable bonds is 3. The largest absolute Gasteiger partial charge is 0.506 e. The van der Waals surface area contributed by atoms with Crippen molar-refractivity contribution in [3.05, 3.63) is 34.2 Å². The number of aromatic hydroxyl groups is 1. The van der Waals surface area contributed by atoms with Crippen molar-refractivity contribution < 1.29 is 19.8 Å². The molecule has 0 unspecified atom stereocenters. The van der Waals surface area contributed by atoms with Crippen LogP contribution in [0.5, 0.6) is 5.75 Å². The van der Waals surface area contributed by atoms with Gasteiger partial charge < -0.3 is 15.5 Å². The number of hydrogen-bond donors (Lipinski definition) is 3. The second-order valence-electron chi connectivity index (χ2n) is 4.04. The molecule has 2 heterocycles. The number of carbonyl (C=O) groups excluding carboxylic acids is 1. The summed E-state index contributed by atoms with van der Waals surface area (Å²) < 4.78 is 1.12. The summed E-state index contributed by atoms with van der Waals surface area (Å²) in [7, 11) is 1.41. The van der Waals surface area contributed by atoms with E-state index < -0.39 is 35.3 Å². The Bertz CT molecular complexity index is 766. The highest BCUT2D eigenvalue weighted by atomic mass is 16.4. The van der Waals surface area contributed by atoms with E-state index in [0.717, 1.165) is 4.57 Å². The molecule has 20 heavy (non-hydrogen) atoms. The van der Waals surface area contributed by atoms with Crippen molar-refractivity contribution >= 4 is 22.9 Å². The molecule has 104 valence electrons. The molecule has 0 atom stereocenters. The molecule has 0 fully saturated rings. The van der Waals surface area contributed by atoms with Gasteiger partial charge in [0.15, 0.2) is 0 Å². The maximum absolute atomic E-state index is 12.0.